The van der Waals surface area contributed by atoms with E-state index in [9.17, 15) is 35.5 Å². The number of carbonyl (C=O) groups excluding carboxylic acids is 1. The van der Waals surface area contributed by atoms with Gasteiger partial charge in [-0.2, -0.15) is 18.3 Å². The summed E-state index contributed by atoms with van der Waals surface area (Å²) < 4.78 is 102. The number of pyridine rings is 1. The second-order valence-corrected chi connectivity index (χ2v) is 7.54. The fourth-order valence-corrected chi connectivity index (χ4v) is 3.28. The Morgan fingerprint density at radius 2 is 1.65 bits per heavy atom. The third-order valence-corrected chi connectivity index (χ3v) is 4.83. The molecule has 0 aliphatic carbocycles. The number of halogens is 7. The van der Waals surface area contributed by atoms with Crippen molar-refractivity contribution < 1.29 is 45.0 Å². The molecule has 0 fully saturated rings. The van der Waals surface area contributed by atoms with Crippen molar-refractivity contribution in [3.63, 3.8) is 0 Å². The largest absolute Gasteiger partial charge is 0.573 e. The van der Waals surface area contributed by atoms with Gasteiger partial charge in [-0.25, -0.2) is 13.9 Å². The van der Waals surface area contributed by atoms with E-state index in [2.05, 4.69) is 14.8 Å². The Kier molecular flexibility index (Phi) is 6.88. The van der Waals surface area contributed by atoms with E-state index in [1.54, 1.807) is 30.3 Å². The highest BCUT2D eigenvalue weighted by atomic mass is 19.4. The van der Waals surface area contributed by atoms with Crippen LogP contribution in [-0.4, -0.2) is 27.1 Å². The highest BCUT2D eigenvalue weighted by Crippen LogP contribution is 2.33. The summed E-state index contributed by atoms with van der Waals surface area (Å²) in [5.74, 6) is -3.04. The van der Waals surface area contributed by atoms with Crippen LogP contribution >= 0.6 is 0 Å². The quantitative estimate of drug-likeness (QED) is 0.217. The lowest BCUT2D eigenvalue weighted by Gasteiger charge is -2.13. The van der Waals surface area contributed by atoms with Crippen molar-refractivity contribution in [1.82, 2.24) is 14.8 Å². The number of hydrogen-bond acceptors (Lipinski definition) is 5. The smallest absolute Gasteiger partial charge is 0.456 e. The molecule has 0 amide bonds. The van der Waals surface area contributed by atoms with Crippen LogP contribution in [0.4, 0.5) is 30.7 Å². The molecule has 2 aromatic heterocycles. The maximum Gasteiger partial charge on any atom is 0.573 e. The SMILES string of the molecule is O=C(OCc1ccccc1)c1cc(-c2cc(F)cc(OC(F)(F)F)c2)n(-c2cncc(C(F)(F)F)c2)n1. The van der Waals surface area contributed by atoms with Crippen molar-refractivity contribution in [2.45, 2.75) is 19.1 Å². The number of aromatic nitrogens is 3. The van der Waals surface area contributed by atoms with Crippen molar-refractivity contribution in [1.29, 1.82) is 0 Å². The monoisotopic (exact) mass is 525 g/mol. The van der Waals surface area contributed by atoms with Gasteiger partial charge in [0.15, 0.2) is 5.69 Å². The minimum Gasteiger partial charge on any atom is -0.456 e. The summed E-state index contributed by atoms with van der Waals surface area (Å²) in [4.78, 5) is 16.2. The zero-order valence-electron chi connectivity index (χ0n) is 18.3. The molecule has 0 spiro atoms. The number of nitrogens with zero attached hydrogens (tertiary/aromatic N) is 3. The lowest BCUT2D eigenvalue weighted by molar-refractivity contribution is -0.274. The van der Waals surface area contributed by atoms with Crippen LogP contribution in [-0.2, 0) is 17.5 Å². The normalized spacial score (nSPS) is 11.9. The molecule has 192 valence electrons. The summed E-state index contributed by atoms with van der Waals surface area (Å²) in [5.41, 5.74) is -1.71. The molecule has 0 bridgehead atoms. The van der Waals surface area contributed by atoms with Gasteiger partial charge in [0, 0.05) is 17.8 Å². The molecule has 2 aromatic carbocycles. The van der Waals surface area contributed by atoms with Crippen molar-refractivity contribution in [3.8, 4) is 22.7 Å². The molecule has 13 heteroatoms. The average molecular weight is 525 g/mol. The van der Waals surface area contributed by atoms with Crippen LogP contribution < -0.4 is 4.74 Å². The number of ether oxygens (including phenoxy) is 2. The molecule has 0 saturated heterocycles. The molecule has 2 heterocycles. The number of hydrogen-bond donors (Lipinski definition) is 0. The van der Waals surface area contributed by atoms with E-state index in [0.29, 0.717) is 23.9 Å². The first-order valence-corrected chi connectivity index (χ1v) is 10.3. The van der Waals surface area contributed by atoms with Crippen LogP contribution in [0.2, 0.25) is 0 Å². The first-order chi connectivity index (χ1) is 17.4. The molecule has 0 aliphatic rings. The lowest BCUT2D eigenvalue weighted by Crippen LogP contribution is -2.17. The van der Waals surface area contributed by atoms with Crippen LogP contribution in [0.5, 0.6) is 5.75 Å². The Labute approximate surface area is 203 Å². The van der Waals surface area contributed by atoms with Crippen LogP contribution in [0.25, 0.3) is 16.9 Å². The summed E-state index contributed by atoms with van der Waals surface area (Å²) in [6, 6.07) is 12.3. The van der Waals surface area contributed by atoms with E-state index in [4.69, 9.17) is 4.74 Å². The molecule has 0 unspecified atom stereocenters. The van der Waals surface area contributed by atoms with Crippen molar-refractivity contribution in [2.75, 3.05) is 0 Å². The van der Waals surface area contributed by atoms with Gasteiger partial charge in [0.05, 0.1) is 23.1 Å². The molecule has 6 nitrogen and oxygen atoms in total. The van der Waals surface area contributed by atoms with Crippen LogP contribution in [0, 0.1) is 5.82 Å². The highest BCUT2D eigenvalue weighted by molar-refractivity contribution is 5.89. The molecule has 0 aliphatic heterocycles. The van der Waals surface area contributed by atoms with Crippen molar-refractivity contribution in [3.05, 3.63) is 95.7 Å². The fraction of sp³-hybridized carbons (Fsp3) is 0.125. The van der Waals surface area contributed by atoms with Gasteiger partial charge in [-0.1, -0.05) is 30.3 Å². The van der Waals surface area contributed by atoms with E-state index in [-0.39, 0.29) is 23.6 Å². The summed E-state index contributed by atoms with van der Waals surface area (Å²) in [5, 5.41) is 3.98. The third-order valence-electron chi connectivity index (χ3n) is 4.83. The van der Waals surface area contributed by atoms with E-state index in [0.717, 1.165) is 29.1 Å². The second-order valence-electron chi connectivity index (χ2n) is 7.54. The number of alkyl halides is 6. The van der Waals surface area contributed by atoms with Gasteiger partial charge >= 0.3 is 18.5 Å². The van der Waals surface area contributed by atoms with Gasteiger partial charge in [-0.05, 0) is 29.8 Å². The van der Waals surface area contributed by atoms with E-state index >= 15 is 0 Å². The molecule has 0 atom stereocenters. The first-order valence-electron chi connectivity index (χ1n) is 10.3. The maximum absolute atomic E-state index is 14.2. The second kappa shape index (κ2) is 9.91. The molecule has 0 saturated carbocycles. The Hall–Kier alpha value is -4.42. The van der Waals surface area contributed by atoms with Crippen LogP contribution in [0.15, 0.2) is 73.1 Å². The minimum atomic E-state index is -5.14. The molecule has 4 aromatic rings. The third kappa shape index (κ3) is 6.42. The molecular weight excluding hydrogens is 511 g/mol. The van der Waals surface area contributed by atoms with Gasteiger partial charge in [0.2, 0.25) is 0 Å². The standard InChI is InChI=1S/C24H14F7N3O3/c25-17-6-15(7-19(9-17)37-24(29,30)31)21-10-20(22(35)36-13-14-4-2-1-3-5-14)33-34(21)18-8-16(11-32-12-18)23(26,27)28/h1-12H,13H2. The van der Waals surface area contributed by atoms with E-state index in [1.807, 2.05) is 0 Å². The molecular formula is C24H14F7N3O3. The predicted molar refractivity (Wildman–Crippen MR) is 114 cm³/mol. The Bertz CT molecular complexity index is 1420. The van der Waals surface area contributed by atoms with Gasteiger partial charge < -0.3 is 9.47 Å². The topological polar surface area (TPSA) is 66.2 Å². The minimum absolute atomic E-state index is 0.156. The Morgan fingerprint density at radius 1 is 0.919 bits per heavy atom. The first kappa shape index (κ1) is 25.7. The lowest BCUT2D eigenvalue weighted by atomic mass is 10.1. The molecule has 0 N–H and O–H groups in total. The maximum atomic E-state index is 14.2. The average Bonchev–Trinajstić information content (AvgIpc) is 3.27. The Balaban J connectivity index is 1.78. The fourth-order valence-electron chi connectivity index (χ4n) is 3.28. The number of esters is 1. The summed E-state index contributed by atoms with van der Waals surface area (Å²) in [6.45, 7) is -0.156. The molecule has 4 rings (SSSR count). The van der Waals surface area contributed by atoms with Gasteiger partial charge in [0.1, 0.15) is 18.2 Å². The van der Waals surface area contributed by atoms with E-state index in [1.165, 1.54) is 0 Å². The van der Waals surface area contributed by atoms with Crippen molar-refractivity contribution >= 4 is 5.97 Å². The van der Waals surface area contributed by atoms with Gasteiger partial charge in [-0.15, -0.1) is 13.2 Å². The summed E-state index contributed by atoms with van der Waals surface area (Å²) >= 11 is 0. The van der Waals surface area contributed by atoms with Gasteiger partial charge in [0.25, 0.3) is 0 Å². The zero-order valence-corrected chi connectivity index (χ0v) is 18.3. The Morgan fingerprint density at radius 3 is 2.32 bits per heavy atom. The summed E-state index contributed by atoms with van der Waals surface area (Å²) in [6.07, 6.45) is -8.38. The predicted octanol–water partition coefficient (Wildman–Crippen LogP) is 6.35. The van der Waals surface area contributed by atoms with Crippen LogP contribution in [0.1, 0.15) is 21.6 Å². The molecule has 37 heavy (non-hydrogen) atoms. The number of rotatable bonds is 6. The van der Waals surface area contributed by atoms with Gasteiger partial charge in [-0.3, -0.25) is 4.98 Å². The van der Waals surface area contributed by atoms with Crippen molar-refractivity contribution in [2.24, 2.45) is 0 Å². The molecule has 0 radical (unpaired) electrons. The zero-order chi connectivity index (χ0) is 26.8. The number of benzene rings is 2. The van der Waals surface area contributed by atoms with E-state index < -0.39 is 41.3 Å². The summed E-state index contributed by atoms with van der Waals surface area (Å²) in [7, 11) is 0. The van der Waals surface area contributed by atoms with Crippen LogP contribution in [0.3, 0.4) is 0 Å². The number of carbonyl (C=O) groups is 1. The highest BCUT2D eigenvalue weighted by Gasteiger charge is 2.33.